The zero-order valence-electron chi connectivity index (χ0n) is 11.9. The van der Waals surface area contributed by atoms with Gasteiger partial charge in [-0.3, -0.25) is 9.59 Å². The standard InChI is InChI=1S/C15H17N3O3/c1-10(8-14(19)20)16-15(21)13-9-18(17-11(13)2)12-6-4-3-5-7-12/h3-7,9-10H,8H2,1-2H3,(H,16,21)(H,19,20). The Kier molecular flexibility index (Phi) is 4.37. The lowest BCUT2D eigenvalue weighted by atomic mass is 10.2. The van der Waals surface area contributed by atoms with Gasteiger partial charge in [-0.1, -0.05) is 18.2 Å². The molecule has 1 atom stereocenters. The first kappa shape index (κ1) is 14.8. The number of aromatic nitrogens is 2. The molecule has 0 aliphatic heterocycles. The monoisotopic (exact) mass is 287 g/mol. The summed E-state index contributed by atoms with van der Waals surface area (Å²) in [6.45, 7) is 3.40. The number of carboxylic acid groups (broad SMARTS) is 1. The number of hydrogen-bond acceptors (Lipinski definition) is 3. The highest BCUT2D eigenvalue weighted by molar-refractivity contribution is 5.95. The van der Waals surface area contributed by atoms with E-state index >= 15 is 0 Å². The summed E-state index contributed by atoms with van der Waals surface area (Å²) in [5.74, 6) is -1.26. The van der Waals surface area contributed by atoms with E-state index in [4.69, 9.17) is 5.11 Å². The molecule has 1 amide bonds. The first-order chi connectivity index (χ1) is 9.97. The van der Waals surface area contributed by atoms with Gasteiger partial charge < -0.3 is 10.4 Å². The molecule has 21 heavy (non-hydrogen) atoms. The first-order valence-corrected chi connectivity index (χ1v) is 6.61. The van der Waals surface area contributed by atoms with Crippen molar-refractivity contribution in [2.75, 3.05) is 0 Å². The van der Waals surface area contributed by atoms with Gasteiger partial charge in [0.05, 0.1) is 23.4 Å². The van der Waals surface area contributed by atoms with E-state index in [0.29, 0.717) is 11.3 Å². The quantitative estimate of drug-likeness (QED) is 0.877. The van der Waals surface area contributed by atoms with Crippen LogP contribution in [0.2, 0.25) is 0 Å². The van der Waals surface area contributed by atoms with E-state index in [0.717, 1.165) is 5.69 Å². The Labute approximate surface area is 122 Å². The van der Waals surface area contributed by atoms with Crippen molar-refractivity contribution in [3.8, 4) is 5.69 Å². The second-order valence-corrected chi connectivity index (χ2v) is 4.88. The molecule has 0 radical (unpaired) electrons. The summed E-state index contributed by atoms with van der Waals surface area (Å²) in [5.41, 5.74) is 1.90. The van der Waals surface area contributed by atoms with Crippen LogP contribution in [0.1, 0.15) is 29.4 Å². The van der Waals surface area contributed by atoms with Crippen molar-refractivity contribution in [3.05, 3.63) is 47.8 Å². The van der Waals surface area contributed by atoms with Crippen molar-refractivity contribution >= 4 is 11.9 Å². The molecule has 110 valence electrons. The minimum atomic E-state index is -0.945. The number of amides is 1. The first-order valence-electron chi connectivity index (χ1n) is 6.61. The van der Waals surface area contributed by atoms with Gasteiger partial charge in [0.1, 0.15) is 0 Å². The minimum Gasteiger partial charge on any atom is -0.481 e. The molecule has 0 bridgehead atoms. The van der Waals surface area contributed by atoms with Crippen molar-refractivity contribution in [3.63, 3.8) is 0 Å². The van der Waals surface area contributed by atoms with Crippen LogP contribution in [0, 0.1) is 6.92 Å². The van der Waals surface area contributed by atoms with E-state index in [1.165, 1.54) is 0 Å². The largest absolute Gasteiger partial charge is 0.481 e. The van der Waals surface area contributed by atoms with Gasteiger partial charge in [-0.2, -0.15) is 5.10 Å². The van der Waals surface area contributed by atoms with Crippen molar-refractivity contribution in [2.24, 2.45) is 0 Å². The number of hydrogen-bond donors (Lipinski definition) is 2. The fraction of sp³-hybridized carbons (Fsp3) is 0.267. The number of benzene rings is 1. The minimum absolute atomic E-state index is 0.113. The molecule has 2 rings (SSSR count). The van der Waals surface area contributed by atoms with Crippen LogP contribution in [0.3, 0.4) is 0 Å². The number of aryl methyl sites for hydroxylation is 1. The van der Waals surface area contributed by atoms with Gasteiger partial charge in [0, 0.05) is 12.2 Å². The van der Waals surface area contributed by atoms with E-state index in [9.17, 15) is 9.59 Å². The van der Waals surface area contributed by atoms with E-state index in [2.05, 4.69) is 10.4 Å². The smallest absolute Gasteiger partial charge is 0.305 e. The highest BCUT2D eigenvalue weighted by Crippen LogP contribution is 2.12. The number of carbonyl (C=O) groups is 2. The molecular formula is C15H17N3O3. The van der Waals surface area contributed by atoms with E-state index in [-0.39, 0.29) is 12.3 Å². The summed E-state index contributed by atoms with van der Waals surface area (Å²) in [6.07, 6.45) is 1.53. The van der Waals surface area contributed by atoms with Crippen LogP contribution in [0.15, 0.2) is 36.5 Å². The second kappa shape index (κ2) is 6.21. The summed E-state index contributed by atoms with van der Waals surface area (Å²) >= 11 is 0. The van der Waals surface area contributed by atoms with Crippen molar-refractivity contribution in [1.82, 2.24) is 15.1 Å². The summed E-state index contributed by atoms with van der Waals surface area (Å²) < 4.78 is 1.63. The van der Waals surface area contributed by atoms with Crippen LogP contribution >= 0.6 is 0 Å². The highest BCUT2D eigenvalue weighted by Gasteiger charge is 2.17. The molecule has 1 aromatic heterocycles. The number of rotatable bonds is 5. The van der Waals surface area contributed by atoms with Gasteiger partial charge in [-0.25, -0.2) is 4.68 Å². The number of para-hydroxylation sites is 1. The van der Waals surface area contributed by atoms with Crippen molar-refractivity contribution in [2.45, 2.75) is 26.3 Å². The number of aliphatic carboxylic acids is 1. The molecule has 0 spiro atoms. The highest BCUT2D eigenvalue weighted by atomic mass is 16.4. The third kappa shape index (κ3) is 3.68. The Balaban J connectivity index is 2.16. The van der Waals surface area contributed by atoms with E-state index in [1.54, 1.807) is 24.7 Å². The van der Waals surface area contributed by atoms with Gasteiger partial charge in [-0.05, 0) is 26.0 Å². The molecule has 2 aromatic rings. The molecule has 1 aromatic carbocycles. The van der Waals surface area contributed by atoms with E-state index < -0.39 is 12.0 Å². The fourth-order valence-corrected chi connectivity index (χ4v) is 2.01. The van der Waals surface area contributed by atoms with Crippen LogP contribution in [0.25, 0.3) is 5.69 Å². The average molecular weight is 287 g/mol. The third-order valence-corrected chi connectivity index (χ3v) is 3.02. The molecule has 0 fully saturated rings. The van der Waals surface area contributed by atoms with Crippen LogP contribution in [-0.4, -0.2) is 32.8 Å². The average Bonchev–Trinajstić information content (AvgIpc) is 2.81. The van der Waals surface area contributed by atoms with Gasteiger partial charge in [0.2, 0.25) is 0 Å². The normalized spacial score (nSPS) is 11.9. The Hall–Kier alpha value is -2.63. The van der Waals surface area contributed by atoms with Crippen LogP contribution in [0.5, 0.6) is 0 Å². The molecule has 0 saturated carbocycles. The maximum atomic E-state index is 12.1. The van der Waals surface area contributed by atoms with Gasteiger partial charge in [0.25, 0.3) is 5.91 Å². The van der Waals surface area contributed by atoms with Gasteiger partial charge in [-0.15, -0.1) is 0 Å². The molecule has 0 aliphatic rings. The van der Waals surface area contributed by atoms with Crippen LogP contribution < -0.4 is 5.32 Å². The van der Waals surface area contributed by atoms with Gasteiger partial charge in [0.15, 0.2) is 0 Å². The molecular weight excluding hydrogens is 270 g/mol. The van der Waals surface area contributed by atoms with Crippen LogP contribution in [0.4, 0.5) is 0 Å². The zero-order valence-corrected chi connectivity index (χ0v) is 11.9. The van der Waals surface area contributed by atoms with E-state index in [1.807, 2.05) is 30.3 Å². The molecule has 2 N–H and O–H groups in total. The number of carboxylic acids is 1. The predicted molar refractivity (Wildman–Crippen MR) is 77.5 cm³/mol. The molecule has 1 heterocycles. The Bertz CT molecular complexity index is 649. The molecule has 6 heteroatoms. The lowest BCUT2D eigenvalue weighted by molar-refractivity contribution is -0.137. The zero-order chi connectivity index (χ0) is 15.4. The number of nitrogens with one attached hydrogen (secondary N) is 1. The fourth-order valence-electron chi connectivity index (χ4n) is 2.01. The maximum absolute atomic E-state index is 12.1. The summed E-state index contributed by atoms with van der Waals surface area (Å²) in [4.78, 5) is 22.8. The Morgan fingerprint density at radius 2 is 2.00 bits per heavy atom. The third-order valence-electron chi connectivity index (χ3n) is 3.02. The molecule has 0 saturated heterocycles. The predicted octanol–water partition coefficient (Wildman–Crippen LogP) is 1.77. The number of carbonyl (C=O) groups excluding carboxylic acids is 1. The Morgan fingerprint density at radius 1 is 1.33 bits per heavy atom. The lowest BCUT2D eigenvalue weighted by Crippen LogP contribution is -2.34. The Morgan fingerprint density at radius 3 is 2.62 bits per heavy atom. The van der Waals surface area contributed by atoms with Crippen molar-refractivity contribution in [1.29, 1.82) is 0 Å². The topological polar surface area (TPSA) is 84.2 Å². The summed E-state index contributed by atoms with van der Waals surface area (Å²) in [6, 6.07) is 9.03. The lowest BCUT2D eigenvalue weighted by Gasteiger charge is -2.10. The molecule has 0 aliphatic carbocycles. The van der Waals surface area contributed by atoms with Crippen LogP contribution in [-0.2, 0) is 4.79 Å². The molecule has 6 nitrogen and oxygen atoms in total. The summed E-state index contributed by atoms with van der Waals surface area (Å²) in [5, 5.41) is 15.7. The second-order valence-electron chi connectivity index (χ2n) is 4.88. The summed E-state index contributed by atoms with van der Waals surface area (Å²) in [7, 11) is 0. The SMILES string of the molecule is Cc1nn(-c2ccccc2)cc1C(=O)NC(C)CC(=O)O. The van der Waals surface area contributed by atoms with Crippen molar-refractivity contribution < 1.29 is 14.7 Å². The number of nitrogens with zero attached hydrogens (tertiary/aromatic N) is 2. The van der Waals surface area contributed by atoms with Gasteiger partial charge >= 0.3 is 5.97 Å². The maximum Gasteiger partial charge on any atom is 0.305 e. The molecule has 1 unspecified atom stereocenters.